The summed E-state index contributed by atoms with van der Waals surface area (Å²) in [5, 5.41) is 1.21. The molecule has 2 radical (unpaired) electrons. The number of hydrogen-bond acceptors (Lipinski definition) is 1. The second kappa shape index (κ2) is 3.69. The van der Waals surface area contributed by atoms with Crippen LogP contribution in [0.15, 0.2) is 18.2 Å². The smallest absolute Gasteiger partial charge is 0.0717 e. The first kappa shape index (κ1) is 10.2. The molecule has 0 N–H and O–H groups in total. The summed E-state index contributed by atoms with van der Waals surface area (Å²) >= 11 is 0. The topological polar surface area (TPSA) is 12.9 Å². The maximum Gasteiger partial charge on any atom is 0.0717 e. The highest BCUT2D eigenvalue weighted by Crippen LogP contribution is 2.21. The molecule has 2 aromatic rings. The lowest BCUT2D eigenvalue weighted by Gasteiger charge is -2.08. The maximum atomic E-state index is 5.68. The van der Waals surface area contributed by atoms with Crippen LogP contribution in [0.5, 0.6) is 0 Å². The van der Waals surface area contributed by atoms with E-state index in [0.717, 1.165) is 16.8 Å². The molecule has 0 unspecified atom stereocenters. The molecule has 0 spiro atoms. The van der Waals surface area contributed by atoms with Crippen molar-refractivity contribution in [1.82, 2.24) is 4.98 Å². The fraction of sp³-hybridized carbons (Fsp3) is 0.308. The zero-order valence-corrected chi connectivity index (χ0v) is 9.46. The van der Waals surface area contributed by atoms with Crippen LogP contribution < -0.4 is 0 Å². The molecule has 15 heavy (non-hydrogen) atoms. The van der Waals surface area contributed by atoms with Crippen LogP contribution in [0.4, 0.5) is 0 Å². The summed E-state index contributed by atoms with van der Waals surface area (Å²) < 4.78 is 0. The standard InChI is InChI=1S/C13H14BN/c1-8-4-9(2)12-6-11(7-14)10(3)15-13(12)5-8/h4-6H,7H2,1-3H3. The van der Waals surface area contributed by atoms with E-state index in [1.54, 1.807) is 0 Å². The molecule has 0 aliphatic heterocycles. The van der Waals surface area contributed by atoms with Gasteiger partial charge in [0.05, 0.1) is 13.4 Å². The van der Waals surface area contributed by atoms with E-state index >= 15 is 0 Å². The summed E-state index contributed by atoms with van der Waals surface area (Å²) in [5.41, 5.74) is 5.77. The first-order valence-corrected chi connectivity index (χ1v) is 5.19. The van der Waals surface area contributed by atoms with Crippen molar-refractivity contribution in [3.63, 3.8) is 0 Å². The summed E-state index contributed by atoms with van der Waals surface area (Å²) in [6, 6.07) is 6.46. The third-order valence-corrected chi connectivity index (χ3v) is 2.80. The van der Waals surface area contributed by atoms with Gasteiger partial charge in [-0.3, -0.25) is 4.98 Å². The zero-order chi connectivity index (χ0) is 11.0. The highest BCUT2D eigenvalue weighted by molar-refractivity contribution is 6.08. The molecular weight excluding hydrogens is 181 g/mol. The Kier molecular flexibility index (Phi) is 2.51. The molecule has 0 atom stereocenters. The number of fused-ring (bicyclic) bond motifs is 1. The van der Waals surface area contributed by atoms with Gasteiger partial charge in [-0.25, -0.2) is 0 Å². The Hall–Kier alpha value is -1.31. The van der Waals surface area contributed by atoms with E-state index in [9.17, 15) is 0 Å². The zero-order valence-electron chi connectivity index (χ0n) is 9.46. The molecule has 1 aromatic carbocycles. The molecule has 0 amide bonds. The molecule has 0 aliphatic rings. The second-order valence-electron chi connectivity index (χ2n) is 4.09. The van der Waals surface area contributed by atoms with Crippen molar-refractivity contribution in [3.8, 4) is 0 Å². The minimum absolute atomic E-state index is 0.558. The van der Waals surface area contributed by atoms with Crippen LogP contribution in [-0.2, 0) is 6.32 Å². The van der Waals surface area contributed by atoms with Crippen LogP contribution in [0.3, 0.4) is 0 Å². The summed E-state index contributed by atoms with van der Waals surface area (Å²) in [6.45, 7) is 6.23. The molecule has 1 aromatic heterocycles. The fourth-order valence-electron chi connectivity index (χ4n) is 1.97. The molecule has 0 bridgehead atoms. The molecule has 1 nitrogen and oxygen atoms in total. The SMILES string of the molecule is [B]Cc1cc2c(C)cc(C)cc2nc1C. The average molecular weight is 195 g/mol. The van der Waals surface area contributed by atoms with Gasteiger partial charge in [-0.15, -0.1) is 0 Å². The molecular formula is C13H14BN. The average Bonchev–Trinajstić information content (AvgIpc) is 2.16. The Morgan fingerprint density at radius 3 is 2.53 bits per heavy atom. The van der Waals surface area contributed by atoms with E-state index in [1.807, 2.05) is 6.92 Å². The molecule has 0 saturated carbocycles. The van der Waals surface area contributed by atoms with Gasteiger partial charge in [-0.1, -0.05) is 12.4 Å². The number of rotatable bonds is 1. The van der Waals surface area contributed by atoms with E-state index in [0.29, 0.717) is 6.32 Å². The van der Waals surface area contributed by atoms with Crippen LogP contribution in [-0.4, -0.2) is 12.8 Å². The summed E-state index contributed by atoms with van der Waals surface area (Å²) in [5.74, 6) is 0. The number of nitrogens with zero attached hydrogens (tertiary/aromatic N) is 1. The fourth-order valence-corrected chi connectivity index (χ4v) is 1.97. The highest BCUT2D eigenvalue weighted by Gasteiger charge is 2.04. The number of benzene rings is 1. The van der Waals surface area contributed by atoms with Gasteiger partial charge in [0.25, 0.3) is 0 Å². The first-order chi connectivity index (χ1) is 7.11. The predicted molar refractivity (Wildman–Crippen MR) is 65.4 cm³/mol. The van der Waals surface area contributed by atoms with Gasteiger partial charge >= 0.3 is 0 Å². The highest BCUT2D eigenvalue weighted by atomic mass is 14.7. The van der Waals surface area contributed by atoms with Gasteiger partial charge in [0.1, 0.15) is 0 Å². The van der Waals surface area contributed by atoms with Gasteiger partial charge in [0.2, 0.25) is 0 Å². The third-order valence-electron chi connectivity index (χ3n) is 2.80. The Labute approximate surface area is 91.9 Å². The summed E-state index contributed by atoms with van der Waals surface area (Å²) in [4.78, 5) is 4.59. The minimum Gasteiger partial charge on any atom is -0.253 e. The van der Waals surface area contributed by atoms with Crippen LogP contribution in [0, 0.1) is 20.8 Å². The van der Waals surface area contributed by atoms with Crippen molar-refractivity contribution in [2.45, 2.75) is 27.1 Å². The molecule has 74 valence electrons. The minimum atomic E-state index is 0.558. The number of aryl methyl sites for hydroxylation is 3. The number of hydrogen-bond donors (Lipinski definition) is 0. The first-order valence-electron chi connectivity index (χ1n) is 5.19. The van der Waals surface area contributed by atoms with Gasteiger partial charge in [0.15, 0.2) is 0 Å². The van der Waals surface area contributed by atoms with Crippen LogP contribution in [0.2, 0.25) is 0 Å². The normalized spacial score (nSPS) is 10.9. The lowest BCUT2D eigenvalue weighted by molar-refractivity contribution is 1.17. The lowest BCUT2D eigenvalue weighted by atomic mass is 9.93. The van der Waals surface area contributed by atoms with Crippen molar-refractivity contribution in [2.75, 3.05) is 0 Å². The third kappa shape index (κ3) is 1.76. The van der Waals surface area contributed by atoms with E-state index in [1.165, 1.54) is 16.5 Å². The quantitative estimate of drug-likeness (QED) is 0.637. The lowest BCUT2D eigenvalue weighted by Crippen LogP contribution is -1.95. The second-order valence-corrected chi connectivity index (χ2v) is 4.09. The molecule has 0 saturated heterocycles. The Balaban J connectivity index is 2.81. The Morgan fingerprint density at radius 1 is 1.13 bits per heavy atom. The van der Waals surface area contributed by atoms with E-state index in [2.05, 4.69) is 37.0 Å². The summed E-state index contributed by atoms with van der Waals surface area (Å²) in [6.07, 6.45) is 0.558. The molecule has 0 fully saturated rings. The van der Waals surface area contributed by atoms with E-state index in [-0.39, 0.29) is 0 Å². The van der Waals surface area contributed by atoms with Crippen LogP contribution >= 0.6 is 0 Å². The molecule has 2 heteroatoms. The van der Waals surface area contributed by atoms with Gasteiger partial charge in [-0.2, -0.15) is 0 Å². The van der Waals surface area contributed by atoms with Crippen LogP contribution in [0.1, 0.15) is 22.4 Å². The van der Waals surface area contributed by atoms with Gasteiger partial charge in [0, 0.05) is 11.1 Å². The van der Waals surface area contributed by atoms with Crippen molar-refractivity contribution in [2.24, 2.45) is 0 Å². The van der Waals surface area contributed by atoms with Gasteiger partial charge in [-0.05, 0) is 49.6 Å². The van der Waals surface area contributed by atoms with E-state index < -0.39 is 0 Å². The van der Waals surface area contributed by atoms with Crippen molar-refractivity contribution < 1.29 is 0 Å². The van der Waals surface area contributed by atoms with Crippen molar-refractivity contribution in [3.05, 3.63) is 40.6 Å². The monoisotopic (exact) mass is 195 g/mol. The van der Waals surface area contributed by atoms with E-state index in [4.69, 9.17) is 7.85 Å². The number of aromatic nitrogens is 1. The largest absolute Gasteiger partial charge is 0.253 e. The van der Waals surface area contributed by atoms with Gasteiger partial charge < -0.3 is 0 Å². The van der Waals surface area contributed by atoms with Crippen molar-refractivity contribution >= 4 is 18.7 Å². The predicted octanol–water partition coefficient (Wildman–Crippen LogP) is 2.83. The molecule has 1 heterocycles. The maximum absolute atomic E-state index is 5.68. The Morgan fingerprint density at radius 2 is 1.87 bits per heavy atom. The Bertz CT molecular complexity index is 517. The molecule has 0 aliphatic carbocycles. The van der Waals surface area contributed by atoms with Crippen molar-refractivity contribution in [1.29, 1.82) is 0 Å². The molecule has 2 rings (SSSR count). The number of pyridine rings is 1. The summed E-state index contributed by atoms with van der Waals surface area (Å²) in [7, 11) is 5.68. The van der Waals surface area contributed by atoms with Crippen LogP contribution in [0.25, 0.3) is 10.9 Å².